The maximum atomic E-state index is 12.2. The van der Waals surface area contributed by atoms with Crippen molar-refractivity contribution < 1.29 is 9.90 Å². The first-order valence-electron chi connectivity index (χ1n) is 7.69. The molecule has 110 valence electrons. The topological polar surface area (TPSA) is 61.4 Å². The molecule has 1 saturated heterocycles. The van der Waals surface area contributed by atoms with E-state index in [0.29, 0.717) is 6.54 Å². The molecule has 2 rings (SSSR count). The van der Waals surface area contributed by atoms with Crippen molar-refractivity contribution in [2.24, 2.45) is 11.3 Å². The molecule has 1 atom stereocenters. The molecule has 1 aliphatic heterocycles. The second-order valence-corrected chi connectivity index (χ2v) is 6.75. The van der Waals surface area contributed by atoms with Crippen LogP contribution in [0, 0.1) is 11.3 Å². The lowest BCUT2D eigenvalue weighted by molar-refractivity contribution is -0.131. The molecule has 19 heavy (non-hydrogen) atoms. The second kappa shape index (κ2) is 5.80. The lowest BCUT2D eigenvalue weighted by Crippen LogP contribution is -2.49. The fraction of sp³-hybridized carbons (Fsp3) is 0.933. The van der Waals surface area contributed by atoms with E-state index >= 15 is 0 Å². The molecule has 1 heterocycles. The molecule has 0 bridgehead atoms. The van der Waals surface area contributed by atoms with E-state index in [0.717, 1.165) is 51.1 Å². The number of amides is 1. The second-order valence-electron chi connectivity index (χ2n) is 6.75. The van der Waals surface area contributed by atoms with E-state index in [1.807, 2.05) is 6.92 Å². The Hall–Kier alpha value is -0.610. The van der Waals surface area contributed by atoms with Gasteiger partial charge in [-0.3, -0.25) is 4.79 Å². The number of nitrogens with one attached hydrogen (secondary N) is 2. The zero-order valence-corrected chi connectivity index (χ0v) is 12.3. The van der Waals surface area contributed by atoms with Gasteiger partial charge in [-0.2, -0.15) is 0 Å². The fourth-order valence-electron chi connectivity index (χ4n) is 3.27. The van der Waals surface area contributed by atoms with Gasteiger partial charge in [0.15, 0.2) is 0 Å². The third kappa shape index (κ3) is 3.48. The molecule has 3 N–H and O–H groups in total. The van der Waals surface area contributed by atoms with Gasteiger partial charge in [0.05, 0.1) is 11.0 Å². The van der Waals surface area contributed by atoms with Crippen molar-refractivity contribution >= 4 is 5.91 Å². The average molecular weight is 268 g/mol. The molecular formula is C15H28N2O2. The highest BCUT2D eigenvalue weighted by atomic mass is 16.3. The SMILES string of the molecule is CCC1CCC(O)(CNC(=O)C2(C)CCNC2)CC1. The number of aliphatic hydroxyl groups is 1. The Labute approximate surface area is 116 Å². The van der Waals surface area contributed by atoms with Crippen LogP contribution in [0.5, 0.6) is 0 Å². The molecule has 4 nitrogen and oxygen atoms in total. The summed E-state index contributed by atoms with van der Waals surface area (Å²) >= 11 is 0. The van der Waals surface area contributed by atoms with Crippen LogP contribution in [-0.2, 0) is 4.79 Å². The van der Waals surface area contributed by atoms with Gasteiger partial charge in [-0.15, -0.1) is 0 Å². The summed E-state index contributed by atoms with van der Waals surface area (Å²) in [4.78, 5) is 12.2. The molecule has 0 spiro atoms. The van der Waals surface area contributed by atoms with Gasteiger partial charge in [0, 0.05) is 13.1 Å². The molecule has 0 radical (unpaired) electrons. The Morgan fingerprint density at radius 3 is 2.58 bits per heavy atom. The van der Waals surface area contributed by atoms with Crippen LogP contribution in [-0.4, -0.2) is 36.2 Å². The number of hydrogen-bond acceptors (Lipinski definition) is 3. The van der Waals surface area contributed by atoms with Crippen molar-refractivity contribution in [2.45, 2.75) is 58.0 Å². The van der Waals surface area contributed by atoms with E-state index in [9.17, 15) is 9.90 Å². The van der Waals surface area contributed by atoms with E-state index in [-0.39, 0.29) is 11.3 Å². The fourth-order valence-corrected chi connectivity index (χ4v) is 3.27. The van der Waals surface area contributed by atoms with Crippen LogP contribution in [0.4, 0.5) is 0 Å². The van der Waals surface area contributed by atoms with Crippen LogP contribution < -0.4 is 10.6 Å². The Morgan fingerprint density at radius 1 is 1.37 bits per heavy atom. The van der Waals surface area contributed by atoms with E-state index < -0.39 is 5.60 Å². The molecule has 2 aliphatic rings. The van der Waals surface area contributed by atoms with Crippen LogP contribution >= 0.6 is 0 Å². The summed E-state index contributed by atoms with van der Waals surface area (Å²) in [6, 6.07) is 0. The zero-order chi connectivity index (χ0) is 13.9. The van der Waals surface area contributed by atoms with E-state index in [2.05, 4.69) is 17.6 Å². The standard InChI is InChI=1S/C15H28N2O2/c1-3-12-4-6-15(19,7-5-12)11-17-13(18)14(2)8-9-16-10-14/h12,16,19H,3-11H2,1-2H3,(H,17,18). The predicted molar refractivity (Wildman–Crippen MR) is 75.8 cm³/mol. The Kier molecular flexibility index (Phi) is 4.51. The maximum absolute atomic E-state index is 12.2. The highest BCUT2D eigenvalue weighted by molar-refractivity contribution is 5.82. The summed E-state index contributed by atoms with van der Waals surface area (Å²) in [5.74, 6) is 0.844. The first-order valence-corrected chi connectivity index (χ1v) is 7.69. The van der Waals surface area contributed by atoms with Crippen molar-refractivity contribution in [3.63, 3.8) is 0 Å². The number of rotatable bonds is 4. The van der Waals surface area contributed by atoms with Crippen LogP contribution in [0.15, 0.2) is 0 Å². The lowest BCUT2D eigenvalue weighted by atomic mass is 9.77. The third-order valence-corrected chi connectivity index (χ3v) is 5.11. The number of hydrogen-bond donors (Lipinski definition) is 3. The van der Waals surface area contributed by atoms with Gasteiger partial charge >= 0.3 is 0 Å². The number of carbonyl (C=O) groups excluding carboxylic acids is 1. The van der Waals surface area contributed by atoms with Crippen LogP contribution in [0.3, 0.4) is 0 Å². The van der Waals surface area contributed by atoms with Crippen molar-refractivity contribution in [3.8, 4) is 0 Å². The van der Waals surface area contributed by atoms with E-state index in [1.165, 1.54) is 6.42 Å². The summed E-state index contributed by atoms with van der Waals surface area (Å²) in [6.45, 7) is 6.28. The van der Waals surface area contributed by atoms with Gasteiger partial charge in [0.2, 0.25) is 5.91 Å². The molecule has 2 fully saturated rings. The monoisotopic (exact) mass is 268 g/mol. The third-order valence-electron chi connectivity index (χ3n) is 5.11. The highest BCUT2D eigenvalue weighted by Gasteiger charge is 2.38. The van der Waals surface area contributed by atoms with Crippen LogP contribution in [0.2, 0.25) is 0 Å². The van der Waals surface area contributed by atoms with Crippen molar-refractivity contribution in [1.82, 2.24) is 10.6 Å². The average Bonchev–Trinajstić information content (AvgIpc) is 2.85. The minimum atomic E-state index is -0.677. The summed E-state index contributed by atoms with van der Waals surface area (Å²) in [6.07, 6.45) is 5.90. The molecule has 1 unspecified atom stereocenters. The minimum absolute atomic E-state index is 0.0866. The smallest absolute Gasteiger partial charge is 0.227 e. The minimum Gasteiger partial charge on any atom is -0.388 e. The van der Waals surface area contributed by atoms with Crippen molar-refractivity contribution in [2.75, 3.05) is 19.6 Å². The quantitative estimate of drug-likeness (QED) is 0.723. The first-order chi connectivity index (χ1) is 8.97. The molecule has 1 amide bonds. The normalized spacial score (nSPS) is 39.2. The van der Waals surface area contributed by atoms with E-state index in [4.69, 9.17) is 0 Å². The summed E-state index contributed by atoms with van der Waals surface area (Å²) < 4.78 is 0. The largest absolute Gasteiger partial charge is 0.388 e. The molecule has 1 aliphatic carbocycles. The Bertz CT molecular complexity index is 316. The van der Waals surface area contributed by atoms with Crippen LogP contribution in [0.25, 0.3) is 0 Å². The molecule has 0 aromatic carbocycles. The molecule has 0 aromatic rings. The zero-order valence-electron chi connectivity index (χ0n) is 12.3. The molecule has 0 aromatic heterocycles. The molecule has 4 heteroatoms. The highest BCUT2D eigenvalue weighted by Crippen LogP contribution is 2.33. The maximum Gasteiger partial charge on any atom is 0.227 e. The molecular weight excluding hydrogens is 240 g/mol. The lowest BCUT2D eigenvalue weighted by Gasteiger charge is -2.36. The Balaban J connectivity index is 1.80. The van der Waals surface area contributed by atoms with Gasteiger partial charge in [0.25, 0.3) is 0 Å². The van der Waals surface area contributed by atoms with Gasteiger partial charge in [-0.1, -0.05) is 13.3 Å². The number of carbonyl (C=O) groups is 1. The van der Waals surface area contributed by atoms with Crippen LogP contribution in [0.1, 0.15) is 52.4 Å². The van der Waals surface area contributed by atoms with Gasteiger partial charge in [0.1, 0.15) is 0 Å². The van der Waals surface area contributed by atoms with Gasteiger partial charge in [-0.25, -0.2) is 0 Å². The van der Waals surface area contributed by atoms with Crippen molar-refractivity contribution in [3.05, 3.63) is 0 Å². The van der Waals surface area contributed by atoms with Gasteiger partial charge in [-0.05, 0) is 51.5 Å². The summed E-state index contributed by atoms with van der Waals surface area (Å²) in [5.41, 5.74) is -0.972. The predicted octanol–water partition coefficient (Wildman–Crippen LogP) is 1.43. The van der Waals surface area contributed by atoms with Gasteiger partial charge < -0.3 is 15.7 Å². The Morgan fingerprint density at radius 2 is 2.05 bits per heavy atom. The first kappa shape index (κ1) is 14.8. The van der Waals surface area contributed by atoms with Crippen molar-refractivity contribution in [1.29, 1.82) is 0 Å². The molecule has 1 saturated carbocycles. The summed E-state index contributed by atoms with van der Waals surface area (Å²) in [7, 11) is 0. The summed E-state index contributed by atoms with van der Waals surface area (Å²) in [5, 5.41) is 16.7. The van der Waals surface area contributed by atoms with E-state index in [1.54, 1.807) is 0 Å².